The minimum atomic E-state index is -0.0416. The molecule has 0 spiro atoms. The minimum absolute atomic E-state index is 0.0273. The molecular weight excluding hydrogens is 282 g/mol. The van der Waals surface area contributed by atoms with Crippen molar-refractivity contribution in [2.45, 2.75) is 26.9 Å². The molecule has 0 aromatic heterocycles. The lowest BCUT2D eigenvalue weighted by atomic mass is 10.1. The maximum Gasteiger partial charge on any atom is 0.230 e. The highest BCUT2D eigenvalue weighted by molar-refractivity contribution is 9.09. The van der Waals surface area contributed by atoms with Crippen LogP contribution in [0.4, 0.5) is 0 Å². The number of ether oxygens (including phenoxy) is 1. The van der Waals surface area contributed by atoms with E-state index in [4.69, 9.17) is 4.74 Å². The normalized spacial score (nSPS) is 12.0. The van der Waals surface area contributed by atoms with Crippen molar-refractivity contribution >= 4 is 21.8 Å². The molecule has 0 saturated heterocycles. The summed E-state index contributed by atoms with van der Waals surface area (Å²) in [5, 5.41) is 3.09. The fraction of sp³-hybridized carbons (Fsp3) is 0.462. The minimum Gasteiger partial charge on any atom is -0.489 e. The Hall–Kier alpha value is -1.03. The maximum absolute atomic E-state index is 11.1. The SMILES string of the molecule is Cc1ccc(OC(C)CNC(=O)CBr)cc1C. The number of carbonyl (C=O) groups is 1. The summed E-state index contributed by atoms with van der Waals surface area (Å²) in [4.78, 5) is 11.1. The van der Waals surface area contributed by atoms with Crippen LogP contribution >= 0.6 is 15.9 Å². The molecule has 1 atom stereocenters. The van der Waals surface area contributed by atoms with E-state index >= 15 is 0 Å². The Morgan fingerprint density at radius 2 is 2.12 bits per heavy atom. The zero-order valence-electron chi connectivity index (χ0n) is 10.4. The highest BCUT2D eigenvalue weighted by atomic mass is 79.9. The number of carbonyl (C=O) groups excluding carboxylic acids is 1. The van der Waals surface area contributed by atoms with Gasteiger partial charge in [-0.2, -0.15) is 0 Å². The topological polar surface area (TPSA) is 38.3 Å². The van der Waals surface area contributed by atoms with Crippen molar-refractivity contribution < 1.29 is 9.53 Å². The Kier molecular flexibility index (Phi) is 5.48. The number of benzene rings is 1. The first-order chi connectivity index (χ1) is 8.02. The number of aryl methyl sites for hydroxylation is 2. The summed E-state index contributed by atoms with van der Waals surface area (Å²) in [5.41, 5.74) is 2.46. The zero-order chi connectivity index (χ0) is 12.8. The summed E-state index contributed by atoms with van der Waals surface area (Å²) in [6.07, 6.45) is -0.0416. The van der Waals surface area contributed by atoms with Crippen LogP contribution in [0.25, 0.3) is 0 Å². The van der Waals surface area contributed by atoms with Crippen LogP contribution in [-0.2, 0) is 4.79 Å². The van der Waals surface area contributed by atoms with Crippen molar-refractivity contribution in [2.24, 2.45) is 0 Å². The van der Waals surface area contributed by atoms with E-state index in [1.165, 1.54) is 11.1 Å². The fourth-order valence-electron chi connectivity index (χ4n) is 1.37. The van der Waals surface area contributed by atoms with E-state index in [-0.39, 0.29) is 12.0 Å². The van der Waals surface area contributed by atoms with Crippen molar-refractivity contribution in [3.05, 3.63) is 29.3 Å². The summed E-state index contributed by atoms with van der Waals surface area (Å²) in [6, 6.07) is 6.00. The Labute approximate surface area is 111 Å². The van der Waals surface area contributed by atoms with Crippen molar-refractivity contribution in [2.75, 3.05) is 11.9 Å². The second kappa shape index (κ2) is 6.64. The molecule has 0 fully saturated rings. The number of alkyl halides is 1. The Morgan fingerprint density at radius 3 is 2.71 bits per heavy atom. The van der Waals surface area contributed by atoms with Crippen LogP contribution in [0.2, 0.25) is 0 Å². The molecule has 1 N–H and O–H groups in total. The quantitative estimate of drug-likeness (QED) is 0.849. The number of hydrogen-bond donors (Lipinski definition) is 1. The van der Waals surface area contributed by atoms with Crippen molar-refractivity contribution in [3.63, 3.8) is 0 Å². The van der Waals surface area contributed by atoms with Crippen LogP contribution in [0.5, 0.6) is 5.75 Å². The van der Waals surface area contributed by atoms with Gasteiger partial charge in [0.1, 0.15) is 11.9 Å². The average Bonchev–Trinajstić information content (AvgIpc) is 2.31. The molecule has 1 rings (SSSR count). The lowest BCUT2D eigenvalue weighted by molar-refractivity contribution is -0.118. The molecule has 94 valence electrons. The first-order valence-corrected chi connectivity index (χ1v) is 6.71. The largest absolute Gasteiger partial charge is 0.489 e. The molecule has 3 nitrogen and oxygen atoms in total. The molecule has 0 heterocycles. The summed E-state index contributed by atoms with van der Waals surface area (Å²) in [5.74, 6) is 0.814. The van der Waals surface area contributed by atoms with Crippen LogP contribution in [0.15, 0.2) is 18.2 Å². The second-order valence-corrected chi connectivity index (χ2v) is 4.67. The summed E-state index contributed by atoms with van der Waals surface area (Å²) in [6.45, 7) is 6.57. The van der Waals surface area contributed by atoms with E-state index in [1.807, 2.05) is 25.1 Å². The van der Waals surface area contributed by atoms with E-state index in [2.05, 4.69) is 35.1 Å². The van der Waals surface area contributed by atoms with Crippen molar-refractivity contribution in [1.82, 2.24) is 5.32 Å². The molecule has 1 unspecified atom stereocenters. The van der Waals surface area contributed by atoms with Crippen molar-refractivity contribution in [1.29, 1.82) is 0 Å². The van der Waals surface area contributed by atoms with Crippen molar-refractivity contribution in [3.8, 4) is 5.75 Å². The van der Waals surface area contributed by atoms with Crippen LogP contribution in [-0.4, -0.2) is 23.9 Å². The van der Waals surface area contributed by atoms with E-state index in [0.29, 0.717) is 11.9 Å². The lowest BCUT2D eigenvalue weighted by Gasteiger charge is -2.16. The molecule has 0 radical (unpaired) electrons. The molecule has 0 aliphatic rings. The van der Waals surface area contributed by atoms with Gasteiger partial charge in [0, 0.05) is 0 Å². The van der Waals surface area contributed by atoms with Gasteiger partial charge in [-0.1, -0.05) is 22.0 Å². The molecule has 1 amide bonds. The van der Waals surface area contributed by atoms with E-state index in [1.54, 1.807) is 0 Å². The molecular formula is C13H18BrNO2. The second-order valence-electron chi connectivity index (χ2n) is 4.11. The van der Waals surface area contributed by atoms with Gasteiger partial charge in [0.25, 0.3) is 0 Å². The number of hydrogen-bond acceptors (Lipinski definition) is 2. The van der Waals surface area contributed by atoms with Gasteiger partial charge in [0.05, 0.1) is 11.9 Å². The molecule has 0 bridgehead atoms. The summed E-state index contributed by atoms with van der Waals surface area (Å²) < 4.78 is 5.72. The highest BCUT2D eigenvalue weighted by Gasteiger charge is 2.06. The standard InChI is InChI=1S/C13H18BrNO2/c1-9-4-5-12(6-10(9)2)17-11(3)8-15-13(16)7-14/h4-6,11H,7-8H2,1-3H3,(H,15,16). The number of amides is 1. The van der Waals surface area contributed by atoms with Gasteiger partial charge < -0.3 is 10.1 Å². The number of halogens is 1. The average molecular weight is 300 g/mol. The monoisotopic (exact) mass is 299 g/mol. The molecule has 1 aromatic carbocycles. The molecule has 4 heteroatoms. The highest BCUT2D eigenvalue weighted by Crippen LogP contribution is 2.17. The van der Waals surface area contributed by atoms with E-state index in [9.17, 15) is 4.79 Å². The molecule has 0 aliphatic heterocycles. The van der Waals surface area contributed by atoms with Gasteiger partial charge in [0.2, 0.25) is 5.91 Å². The van der Waals surface area contributed by atoms with Crippen LogP contribution in [0.3, 0.4) is 0 Å². The van der Waals surface area contributed by atoms with Gasteiger partial charge in [-0.25, -0.2) is 0 Å². The van der Waals surface area contributed by atoms with Crippen LogP contribution in [0.1, 0.15) is 18.1 Å². The predicted molar refractivity (Wildman–Crippen MR) is 72.8 cm³/mol. The molecule has 0 aliphatic carbocycles. The zero-order valence-corrected chi connectivity index (χ0v) is 12.0. The van der Waals surface area contributed by atoms with Crippen LogP contribution in [0, 0.1) is 13.8 Å². The van der Waals surface area contributed by atoms with Crippen LogP contribution < -0.4 is 10.1 Å². The predicted octanol–water partition coefficient (Wildman–Crippen LogP) is 2.58. The van der Waals surface area contributed by atoms with Gasteiger partial charge in [-0.15, -0.1) is 0 Å². The van der Waals surface area contributed by atoms with Gasteiger partial charge >= 0.3 is 0 Å². The third-order valence-electron chi connectivity index (χ3n) is 2.52. The number of nitrogens with one attached hydrogen (secondary N) is 1. The third kappa shape index (κ3) is 4.77. The van der Waals surface area contributed by atoms with Gasteiger partial charge in [-0.05, 0) is 44.0 Å². The number of rotatable bonds is 5. The lowest BCUT2D eigenvalue weighted by Crippen LogP contribution is -2.34. The Morgan fingerprint density at radius 1 is 1.41 bits per heavy atom. The summed E-state index contributed by atoms with van der Waals surface area (Å²) >= 11 is 3.10. The third-order valence-corrected chi connectivity index (χ3v) is 3.03. The Bertz CT molecular complexity index is 393. The molecule has 0 saturated carbocycles. The smallest absolute Gasteiger partial charge is 0.230 e. The molecule has 1 aromatic rings. The fourth-order valence-corrected chi connectivity index (χ4v) is 1.56. The van der Waals surface area contributed by atoms with E-state index < -0.39 is 0 Å². The Balaban J connectivity index is 2.47. The first kappa shape index (κ1) is 14.0. The maximum atomic E-state index is 11.1. The van der Waals surface area contributed by atoms with E-state index in [0.717, 1.165) is 5.75 Å². The molecule has 17 heavy (non-hydrogen) atoms. The van der Waals surface area contributed by atoms with Gasteiger partial charge in [-0.3, -0.25) is 4.79 Å². The first-order valence-electron chi connectivity index (χ1n) is 5.59. The van der Waals surface area contributed by atoms with Gasteiger partial charge in [0.15, 0.2) is 0 Å². The summed E-state index contributed by atoms with van der Waals surface area (Å²) in [7, 11) is 0.